The Bertz CT molecular complexity index is 603. The van der Waals surface area contributed by atoms with Crippen molar-refractivity contribution in [3.05, 3.63) is 48.8 Å². The Balaban J connectivity index is 0.000000267. The van der Waals surface area contributed by atoms with E-state index in [-0.39, 0.29) is 0 Å². The zero-order valence-electron chi connectivity index (χ0n) is 9.00. The van der Waals surface area contributed by atoms with E-state index in [1.54, 1.807) is 12.4 Å². The van der Waals surface area contributed by atoms with Gasteiger partial charge in [0.25, 0.3) is 0 Å². The molecule has 0 unspecified atom stereocenters. The Hall–Kier alpha value is -0.467. The molecule has 1 aromatic carbocycles. The van der Waals surface area contributed by atoms with Crippen LogP contribution in [0.1, 0.15) is 0 Å². The molecule has 0 saturated carbocycles. The molecule has 3 rings (SSSR count). The molecule has 0 spiro atoms. The molecule has 2 heterocycles. The first kappa shape index (κ1) is 14.0. The first-order valence-electron chi connectivity index (χ1n) is 4.94. The third-order valence-electron chi connectivity index (χ3n) is 2.34. The molecule has 0 aliphatic rings. The maximum Gasteiger partial charge on any atom is 0.0964 e. The molecule has 0 aliphatic heterocycles. The number of hydrogen-bond donors (Lipinski definition) is 0. The fraction of sp³-hybridized carbons (Fsp3) is 0. The standard InChI is InChI=1S/C12H8N2.3ClH.Ru/c1-3-9-5-6-10-4-2-8-14-12(10)11(9)13-7-1;;;;/h1-8H;3*1H;/q;;;;+3/p-3. The van der Waals surface area contributed by atoms with E-state index >= 15 is 0 Å². The molecular weight excluding hydrogens is 380 g/mol. The minimum atomic E-state index is -1.75. The number of aromatic nitrogens is 2. The van der Waals surface area contributed by atoms with E-state index in [4.69, 9.17) is 29.1 Å². The maximum atomic E-state index is 4.95. The number of rotatable bonds is 0. The van der Waals surface area contributed by atoms with Crippen molar-refractivity contribution in [1.82, 2.24) is 9.97 Å². The summed E-state index contributed by atoms with van der Waals surface area (Å²) in [5, 5.41) is 2.28. The molecule has 0 aliphatic carbocycles. The van der Waals surface area contributed by atoms with Crippen molar-refractivity contribution < 1.29 is 13.0 Å². The van der Waals surface area contributed by atoms with Crippen LogP contribution in [0.5, 0.6) is 0 Å². The summed E-state index contributed by atoms with van der Waals surface area (Å²) >= 11 is -1.75. The smallest absolute Gasteiger partial charge is 0.0964 e. The summed E-state index contributed by atoms with van der Waals surface area (Å²) in [5.41, 5.74) is 1.95. The van der Waals surface area contributed by atoms with Crippen LogP contribution in [0, 0.1) is 0 Å². The molecule has 0 bridgehead atoms. The summed E-state index contributed by atoms with van der Waals surface area (Å²) < 4.78 is 0. The first-order chi connectivity index (χ1) is 8.68. The van der Waals surface area contributed by atoms with Crippen LogP contribution in [0.25, 0.3) is 21.8 Å². The molecule has 0 saturated heterocycles. The van der Waals surface area contributed by atoms with Gasteiger partial charge in [-0.1, -0.05) is 24.3 Å². The average molecular weight is 388 g/mol. The number of halogens is 3. The van der Waals surface area contributed by atoms with Crippen LogP contribution in [0.2, 0.25) is 0 Å². The topological polar surface area (TPSA) is 25.8 Å². The average Bonchev–Trinajstić information content (AvgIpc) is 2.38. The fourth-order valence-electron chi connectivity index (χ4n) is 1.68. The van der Waals surface area contributed by atoms with Crippen molar-refractivity contribution in [2.24, 2.45) is 0 Å². The molecule has 95 valence electrons. The van der Waals surface area contributed by atoms with Crippen LogP contribution in [-0.4, -0.2) is 9.97 Å². The van der Waals surface area contributed by atoms with Crippen molar-refractivity contribution in [2.75, 3.05) is 0 Å². The zero-order valence-corrected chi connectivity index (χ0v) is 13.0. The molecule has 0 N–H and O–H groups in total. The molecule has 18 heavy (non-hydrogen) atoms. The zero-order chi connectivity index (χ0) is 13.0. The van der Waals surface area contributed by atoms with Gasteiger partial charge >= 0.3 is 42.1 Å². The Morgan fingerprint density at radius 1 is 0.722 bits per heavy atom. The van der Waals surface area contributed by atoms with Crippen molar-refractivity contribution in [2.45, 2.75) is 0 Å². The van der Waals surface area contributed by atoms with E-state index < -0.39 is 13.0 Å². The van der Waals surface area contributed by atoms with Gasteiger partial charge in [-0.2, -0.15) is 0 Å². The second-order valence-electron chi connectivity index (χ2n) is 3.37. The predicted molar refractivity (Wildman–Crippen MR) is 74.6 cm³/mol. The van der Waals surface area contributed by atoms with Gasteiger partial charge in [-0.25, -0.2) is 0 Å². The van der Waals surface area contributed by atoms with Gasteiger partial charge in [0.05, 0.1) is 11.0 Å². The predicted octanol–water partition coefficient (Wildman–Crippen LogP) is 4.85. The van der Waals surface area contributed by atoms with Crippen LogP contribution in [-0.2, 0) is 13.0 Å². The number of benzene rings is 1. The van der Waals surface area contributed by atoms with Crippen molar-refractivity contribution in [3.63, 3.8) is 0 Å². The maximum absolute atomic E-state index is 4.95. The normalized spacial score (nSPS) is 10.9. The Labute approximate surface area is 122 Å². The molecule has 0 amide bonds. The summed E-state index contributed by atoms with van der Waals surface area (Å²) in [6, 6.07) is 12.1. The Morgan fingerprint density at radius 2 is 1.11 bits per heavy atom. The monoisotopic (exact) mass is 387 g/mol. The largest absolute Gasteiger partial charge is 0.254 e. The molecule has 2 nitrogen and oxygen atoms in total. The molecule has 0 atom stereocenters. The Morgan fingerprint density at radius 3 is 1.50 bits per heavy atom. The number of fused-ring (bicyclic) bond motifs is 3. The first-order valence-corrected chi connectivity index (χ1v) is 11.7. The minimum Gasteiger partial charge on any atom is -0.254 e. The van der Waals surface area contributed by atoms with Gasteiger partial charge in [0.15, 0.2) is 0 Å². The third kappa shape index (κ3) is 3.52. The van der Waals surface area contributed by atoms with E-state index in [9.17, 15) is 0 Å². The van der Waals surface area contributed by atoms with Gasteiger partial charge in [-0.3, -0.25) is 9.97 Å². The van der Waals surface area contributed by atoms with Crippen LogP contribution in [0.15, 0.2) is 48.8 Å². The quantitative estimate of drug-likeness (QED) is 0.407. The summed E-state index contributed by atoms with van der Waals surface area (Å²) in [5.74, 6) is 0. The van der Waals surface area contributed by atoms with Crippen molar-refractivity contribution in [3.8, 4) is 0 Å². The van der Waals surface area contributed by atoms with Crippen molar-refractivity contribution >= 4 is 50.9 Å². The second kappa shape index (κ2) is 6.63. The van der Waals surface area contributed by atoms with Crippen LogP contribution in [0.4, 0.5) is 0 Å². The number of pyridine rings is 2. The molecule has 3 aromatic rings. The van der Waals surface area contributed by atoms with E-state index in [1.807, 2.05) is 12.1 Å². The van der Waals surface area contributed by atoms with Gasteiger partial charge in [0.1, 0.15) is 0 Å². The minimum absolute atomic E-state index is 0.977. The van der Waals surface area contributed by atoms with E-state index in [0.29, 0.717) is 0 Å². The van der Waals surface area contributed by atoms with Gasteiger partial charge in [0, 0.05) is 23.2 Å². The Kier molecular flexibility index (Phi) is 5.14. The SMILES string of the molecule is [Cl][Ru]([Cl])[Cl].c1cnc2c(c1)ccc1cccnc12. The van der Waals surface area contributed by atoms with Gasteiger partial charge in [-0.15, -0.1) is 0 Å². The van der Waals surface area contributed by atoms with Crippen LogP contribution >= 0.6 is 29.1 Å². The van der Waals surface area contributed by atoms with Crippen LogP contribution in [0.3, 0.4) is 0 Å². The molecular formula is C12H8Cl3N2Ru. The third-order valence-corrected chi connectivity index (χ3v) is 2.34. The van der Waals surface area contributed by atoms with Crippen molar-refractivity contribution in [1.29, 1.82) is 0 Å². The second-order valence-corrected chi connectivity index (χ2v) is 11.3. The summed E-state index contributed by atoms with van der Waals surface area (Å²) in [6.07, 6.45) is 3.60. The van der Waals surface area contributed by atoms with E-state index in [0.717, 1.165) is 21.8 Å². The number of hydrogen-bond acceptors (Lipinski definition) is 2. The number of nitrogens with zero attached hydrogens (tertiary/aromatic N) is 2. The summed E-state index contributed by atoms with van der Waals surface area (Å²) in [6.45, 7) is 0. The molecule has 2 aromatic heterocycles. The molecule has 6 heteroatoms. The molecule has 0 fully saturated rings. The van der Waals surface area contributed by atoms with Crippen LogP contribution < -0.4 is 0 Å². The summed E-state index contributed by atoms with van der Waals surface area (Å²) in [4.78, 5) is 8.69. The van der Waals surface area contributed by atoms with E-state index in [2.05, 4.69) is 34.2 Å². The summed E-state index contributed by atoms with van der Waals surface area (Å²) in [7, 11) is 14.8. The fourth-order valence-corrected chi connectivity index (χ4v) is 1.68. The van der Waals surface area contributed by atoms with Gasteiger partial charge < -0.3 is 0 Å². The van der Waals surface area contributed by atoms with Gasteiger partial charge in [-0.05, 0) is 12.1 Å². The van der Waals surface area contributed by atoms with E-state index in [1.165, 1.54) is 0 Å². The van der Waals surface area contributed by atoms with Gasteiger partial charge in [0.2, 0.25) is 0 Å². The molecule has 0 radical (unpaired) electrons.